The van der Waals surface area contributed by atoms with Crippen LogP contribution in [0.2, 0.25) is 0 Å². The van der Waals surface area contributed by atoms with Crippen LogP contribution >= 0.6 is 10.0 Å². The maximum Gasteiger partial charge on any atom is 0.312 e. The highest BCUT2D eigenvalue weighted by atomic mass is 32.3. The van der Waals surface area contributed by atoms with Gasteiger partial charge in [0.05, 0.1) is 48.5 Å². The summed E-state index contributed by atoms with van der Waals surface area (Å²) in [7, 11) is -0.726. The summed E-state index contributed by atoms with van der Waals surface area (Å²) < 4.78 is 19.3. The molecule has 1 heterocycles. The van der Waals surface area contributed by atoms with E-state index in [1.54, 1.807) is 51.1 Å². The number of esters is 1. The number of hydrogen-bond acceptors (Lipinski definition) is 9. The zero-order valence-corrected chi connectivity index (χ0v) is 27.3. The molecule has 2 N–H and O–H groups in total. The van der Waals surface area contributed by atoms with E-state index < -0.39 is 33.8 Å². The van der Waals surface area contributed by atoms with Gasteiger partial charge in [-0.3, -0.25) is 9.59 Å². The number of nitrogens with zero attached hydrogens (tertiary/aromatic N) is 3. The third-order valence-electron chi connectivity index (χ3n) is 6.90. The number of benzene rings is 2. The van der Waals surface area contributed by atoms with Crippen molar-refractivity contribution >= 4 is 44.2 Å². The molecule has 0 amide bonds. The van der Waals surface area contributed by atoms with E-state index in [1.807, 2.05) is 10.6 Å². The average molecular weight is 622 g/mol. The maximum atomic E-state index is 13.2. The van der Waals surface area contributed by atoms with E-state index in [2.05, 4.69) is 30.2 Å². The first kappa shape index (κ1) is 33.0. The number of carbonyl (C=O) groups is 2. The van der Waals surface area contributed by atoms with Crippen LogP contribution in [0.15, 0.2) is 36.4 Å². The minimum atomic E-state index is -0.726. The molecule has 1 aliphatic carbocycles. The quantitative estimate of drug-likeness (QED) is 0.0924. The molecular formula is C33H43N5O5S. The number of rotatable bonds is 15. The van der Waals surface area contributed by atoms with Gasteiger partial charge < -0.3 is 29.5 Å². The van der Waals surface area contributed by atoms with E-state index in [9.17, 15) is 14.9 Å². The Morgan fingerprint density at radius 3 is 2.57 bits per heavy atom. The minimum absolute atomic E-state index is 0.242. The summed E-state index contributed by atoms with van der Waals surface area (Å²) in [6.45, 7) is 6.88. The fraction of sp³-hybridized carbons (Fsp3) is 0.485. The second kappa shape index (κ2) is 13.8. The SMILES string of the molecule is CC(C)(C)OC(=O)CC(=N)C(=O)c1ccccc1NCc1nc2cc(OCC3CC3)c(C#N)cc2n1COCCS(C)(C)C. The molecule has 0 bridgehead atoms. The Bertz CT molecular complexity index is 1570. The van der Waals surface area contributed by atoms with Gasteiger partial charge in [-0.05, 0) is 76.5 Å². The number of hydrogen-bond donors (Lipinski definition) is 2. The van der Waals surface area contributed by atoms with Crippen LogP contribution in [-0.2, 0) is 27.5 Å². The smallest absolute Gasteiger partial charge is 0.312 e. The van der Waals surface area contributed by atoms with Crippen LogP contribution in [0.25, 0.3) is 11.0 Å². The molecule has 0 radical (unpaired) electrons. The lowest BCUT2D eigenvalue weighted by Gasteiger charge is -2.24. The van der Waals surface area contributed by atoms with Crippen molar-refractivity contribution in [3.63, 3.8) is 0 Å². The first-order valence-electron chi connectivity index (χ1n) is 14.7. The second-order valence-electron chi connectivity index (χ2n) is 13.0. The topological polar surface area (TPSA) is 139 Å². The Balaban J connectivity index is 1.57. The molecule has 1 saturated carbocycles. The Hall–Kier alpha value is -3.88. The summed E-state index contributed by atoms with van der Waals surface area (Å²) >= 11 is 0. The number of ketones is 1. The summed E-state index contributed by atoms with van der Waals surface area (Å²) in [5.74, 6) is 1.49. The number of imidazole rings is 1. The summed E-state index contributed by atoms with van der Waals surface area (Å²) in [6.07, 6.45) is 8.60. The third kappa shape index (κ3) is 9.31. The number of carbonyl (C=O) groups excluding carboxylic acids is 2. The van der Waals surface area contributed by atoms with Crippen molar-refractivity contribution in [1.29, 1.82) is 10.7 Å². The maximum absolute atomic E-state index is 13.2. The van der Waals surface area contributed by atoms with E-state index in [0.29, 0.717) is 47.5 Å². The molecule has 0 unspecified atom stereocenters. The molecule has 236 valence electrons. The molecule has 1 aromatic heterocycles. The zero-order valence-electron chi connectivity index (χ0n) is 26.5. The van der Waals surface area contributed by atoms with Gasteiger partial charge in [0, 0.05) is 23.1 Å². The van der Waals surface area contributed by atoms with Crippen LogP contribution in [0.5, 0.6) is 5.75 Å². The molecule has 2 aromatic carbocycles. The van der Waals surface area contributed by atoms with Crippen molar-refractivity contribution < 1.29 is 23.8 Å². The lowest BCUT2D eigenvalue weighted by atomic mass is 10.0. The van der Waals surface area contributed by atoms with E-state index in [4.69, 9.17) is 24.6 Å². The lowest BCUT2D eigenvalue weighted by molar-refractivity contribution is -0.153. The van der Waals surface area contributed by atoms with E-state index in [1.165, 1.54) is 0 Å². The Morgan fingerprint density at radius 1 is 1.18 bits per heavy atom. The summed E-state index contributed by atoms with van der Waals surface area (Å²) in [6, 6.07) is 12.7. The lowest BCUT2D eigenvalue weighted by Crippen LogP contribution is -2.27. The van der Waals surface area contributed by atoms with Crippen LogP contribution < -0.4 is 10.1 Å². The van der Waals surface area contributed by atoms with Gasteiger partial charge in [-0.1, -0.05) is 12.1 Å². The number of nitriles is 1. The van der Waals surface area contributed by atoms with Crippen molar-refractivity contribution in [2.75, 3.05) is 43.1 Å². The molecule has 3 aromatic rings. The van der Waals surface area contributed by atoms with Gasteiger partial charge in [0.2, 0.25) is 5.78 Å². The van der Waals surface area contributed by atoms with Gasteiger partial charge in [0.25, 0.3) is 0 Å². The molecule has 0 saturated heterocycles. The van der Waals surface area contributed by atoms with Gasteiger partial charge in [-0.2, -0.15) is 5.26 Å². The van der Waals surface area contributed by atoms with Gasteiger partial charge in [0.15, 0.2) is 0 Å². The Labute approximate surface area is 260 Å². The predicted octanol–water partition coefficient (Wildman–Crippen LogP) is 5.91. The fourth-order valence-electron chi connectivity index (χ4n) is 4.42. The normalized spacial score (nSPS) is 13.8. The number of aromatic nitrogens is 2. The van der Waals surface area contributed by atoms with Crippen molar-refractivity contribution in [3.8, 4) is 11.8 Å². The summed E-state index contributed by atoms with van der Waals surface area (Å²) in [5.41, 5.74) is 1.60. The highest BCUT2D eigenvalue weighted by Crippen LogP contribution is 2.34. The van der Waals surface area contributed by atoms with E-state index >= 15 is 0 Å². The zero-order chi connectivity index (χ0) is 32.1. The molecule has 0 spiro atoms. The predicted molar refractivity (Wildman–Crippen MR) is 175 cm³/mol. The molecule has 1 aliphatic rings. The number of anilines is 1. The number of fused-ring (bicyclic) bond motifs is 1. The average Bonchev–Trinajstić information content (AvgIpc) is 3.71. The molecular weight excluding hydrogens is 578 g/mol. The molecule has 11 heteroatoms. The van der Waals surface area contributed by atoms with E-state index in [-0.39, 0.29) is 24.6 Å². The third-order valence-corrected chi connectivity index (χ3v) is 8.30. The summed E-state index contributed by atoms with van der Waals surface area (Å²) in [4.78, 5) is 30.3. The first-order chi connectivity index (χ1) is 20.7. The monoisotopic (exact) mass is 621 g/mol. The van der Waals surface area contributed by atoms with Crippen molar-refractivity contribution in [2.45, 2.75) is 58.9 Å². The highest BCUT2D eigenvalue weighted by molar-refractivity contribution is 8.32. The van der Waals surface area contributed by atoms with Crippen molar-refractivity contribution in [1.82, 2.24) is 9.55 Å². The van der Waals surface area contributed by atoms with Crippen LogP contribution in [0.4, 0.5) is 5.69 Å². The van der Waals surface area contributed by atoms with E-state index in [0.717, 1.165) is 24.1 Å². The summed E-state index contributed by atoms with van der Waals surface area (Å²) in [5, 5.41) is 21.5. The van der Waals surface area contributed by atoms with Crippen LogP contribution in [-0.4, -0.2) is 70.4 Å². The molecule has 4 rings (SSSR count). The van der Waals surface area contributed by atoms with Crippen LogP contribution in [0.3, 0.4) is 0 Å². The Morgan fingerprint density at radius 2 is 1.91 bits per heavy atom. The second-order valence-corrected chi connectivity index (χ2v) is 17.6. The molecule has 0 atom stereocenters. The minimum Gasteiger partial charge on any atom is -0.492 e. The number of nitrogens with one attached hydrogen (secondary N) is 2. The number of Topliss-reactive ketones (excluding diaryl/α,β-unsaturated/α-hetero) is 1. The van der Waals surface area contributed by atoms with Gasteiger partial charge in [-0.15, -0.1) is 0 Å². The molecule has 10 nitrogen and oxygen atoms in total. The van der Waals surface area contributed by atoms with Crippen molar-refractivity contribution in [3.05, 3.63) is 53.3 Å². The fourth-order valence-corrected chi connectivity index (χ4v) is 5.04. The van der Waals surface area contributed by atoms with Crippen LogP contribution in [0.1, 0.15) is 61.8 Å². The number of ether oxygens (including phenoxy) is 3. The molecule has 1 fully saturated rings. The largest absolute Gasteiger partial charge is 0.492 e. The van der Waals surface area contributed by atoms with Gasteiger partial charge in [0.1, 0.15) is 30.0 Å². The van der Waals surface area contributed by atoms with Gasteiger partial charge in [-0.25, -0.2) is 15.0 Å². The Kier molecular flexibility index (Phi) is 10.4. The van der Waals surface area contributed by atoms with Crippen LogP contribution in [0, 0.1) is 22.7 Å². The van der Waals surface area contributed by atoms with Gasteiger partial charge >= 0.3 is 5.97 Å². The van der Waals surface area contributed by atoms with Crippen molar-refractivity contribution in [2.24, 2.45) is 5.92 Å². The molecule has 44 heavy (non-hydrogen) atoms. The number of para-hydroxylation sites is 1. The first-order valence-corrected chi connectivity index (χ1v) is 17.7. The highest BCUT2D eigenvalue weighted by Gasteiger charge is 2.25. The standard InChI is InChI=1S/C33H43N5O5S/c1-33(2,3)43-31(39)16-25(35)32(40)24-9-7-8-10-26(24)36-19-30-37-27-17-29(42-20-22-11-12-22)23(18-34)15-28(27)38(30)21-41-13-14-44(4,5)6/h7-10,15,17,22,35-36H,11-14,16,19-21H2,1-6H3. The molecule has 0 aliphatic heterocycles.